The molecule has 6 heterocycles. The number of hydrogen-bond donors (Lipinski definition) is 2. The lowest BCUT2D eigenvalue weighted by molar-refractivity contribution is 0.107. The number of carboxylic acid groups (broad SMARTS) is 1. The van der Waals surface area contributed by atoms with Crippen LogP contribution in [-0.2, 0) is 4.74 Å². The van der Waals surface area contributed by atoms with E-state index < -0.39 is 35.5 Å². The second kappa shape index (κ2) is 12.4. The van der Waals surface area contributed by atoms with Crippen LogP contribution in [-0.4, -0.2) is 89.4 Å². The van der Waals surface area contributed by atoms with Gasteiger partial charge in [-0.15, -0.1) is 17.9 Å². The van der Waals surface area contributed by atoms with Crippen molar-refractivity contribution in [2.45, 2.75) is 49.5 Å². The SMILES string of the molecule is C=C[C@H]1COc2c(Cl)c(-c3ccc(F)c4sc(NC(=O)O)c(C#N)c34)c(F)c3nc(OC[C@@]45CCCN4C[C@H](F)C5)nc(c23)N1C1CCOC1. The molecule has 0 radical (unpaired) electrons. The van der Waals surface area contributed by atoms with E-state index in [2.05, 4.69) is 21.8 Å². The number of halogens is 4. The lowest BCUT2D eigenvalue weighted by Gasteiger charge is -2.34. The Morgan fingerprint density at radius 1 is 1.32 bits per heavy atom. The van der Waals surface area contributed by atoms with E-state index in [1.165, 1.54) is 6.07 Å². The summed E-state index contributed by atoms with van der Waals surface area (Å²) in [5.74, 6) is -1.28. The molecule has 50 heavy (non-hydrogen) atoms. The second-order valence-corrected chi connectivity index (χ2v) is 14.3. The van der Waals surface area contributed by atoms with Crippen molar-refractivity contribution in [1.29, 1.82) is 5.26 Å². The number of nitriles is 1. The van der Waals surface area contributed by atoms with Gasteiger partial charge in [0.15, 0.2) is 11.6 Å². The van der Waals surface area contributed by atoms with Crippen molar-refractivity contribution in [3.8, 4) is 29.0 Å². The molecule has 2 N–H and O–H groups in total. The van der Waals surface area contributed by atoms with Crippen molar-refractivity contribution in [2.24, 2.45) is 0 Å². The summed E-state index contributed by atoms with van der Waals surface area (Å²) in [6, 6.07) is 3.56. The molecule has 2 aromatic carbocycles. The lowest BCUT2D eigenvalue weighted by Crippen LogP contribution is -2.46. The molecule has 260 valence electrons. The molecule has 4 aliphatic rings. The maximum absolute atomic E-state index is 17.3. The molecule has 4 aliphatic heterocycles. The number of aromatic nitrogens is 2. The topological polar surface area (TPSA) is 133 Å². The van der Waals surface area contributed by atoms with E-state index in [-0.39, 0.29) is 78.7 Å². The van der Waals surface area contributed by atoms with Crippen molar-refractivity contribution in [3.63, 3.8) is 0 Å². The highest BCUT2D eigenvalue weighted by Gasteiger charge is 2.49. The molecule has 0 spiro atoms. The van der Waals surface area contributed by atoms with Gasteiger partial charge in [0.2, 0.25) is 0 Å². The van der Waals surface area contributed by atoms with E-state index >= 15 is 8.78 Å². The van der Waals surface area contributed by atoms with Crippen molar-refractivity contribution in [3.05, 3.63) is 47.0 Å². The van der Waals surface area contributed by atoms with Gasteiger partial charge in [-0.1, -0.05) is 23.7 Å². The standard InChI is InChI=1S/C34H30ClF3N6O5S/c1-2-17-14-48-28-24-27(26(38)23(25(28)35)19-4-5-21(37)29-22(19)20(11-39)31(50-29)42-33(45)46)40-32(41-30(24)44(17)18-6-9-47-13-18)49-15-34-7-3-8-43(34)12-16(36)10-34/h2,4-5,16-18,42H,1,3,6-10,12-15H2,(H,45,46)/t16-,17+,18?,34+/m1/s1. The zero-order chi connectivity index (χ0) is 34.9. The van der Waals surface area contributed by atoms with Crippen molar-refractivity contribution >= 4 is 60.8 Å². The molecule has 8 rings (SSSR count). The molecule has 0 aliphatic carbocycles. The van der Waals surface area contributed by atoms with E-state index in [1.807, 2.05) is 11.0 Å². The Bertz CT molecular complexity index is 2120. The Morgan fingerprint density at radius 3 is 2.90 bits per heavy atom. The molecule has 3 saturated heterocycles. The first kappa shape index (κ1) is 32.8. The molecule has 11 nitrogen and oxygen atoms in total. The number of benzene rings is 2. The summed E-state index contributed by atoms with van der Waals surface area (Å²) < 4.78 is 65.3. The lowest BCUT2D eigenvalue weighted by atomic mass is 9.95. The summed E-state index contributed by atoms with van der Waals surface area (Å²) in [6.45, 7) is 6.13. The number of thiophene rings is 1. The second-order valence-electron chi connectivity index (χ2n) is 12.9. The van der Waals surface area contributed by atoms with Crippen LogP contribution in [0.5, 0.6) is 11.8 Å². The van der Waals surface area contributed by atoms with Gasteiger partial charge in [0, 0.05) is 30.5 Å². The number of ether oxygens (including phenoxy) is 3. The van der Waals surface area contributed by atoms with Crippen LogP contribution in [0, 0.1) is 23.0 Å². The largest absolute Gasteiger partial charge is 0.489 e. The van der Waals surface area contributed by atoms with Gasteiger partial charge in [0.05, 0.1) is 44.9 Å². The Labute approximate surface area is 292 Å². The van der Waals surface area contributed by atoms with Crippen molar-refractivity contribution in [1.82, 2.24) is 14.9 Å². The van der Waals surface area contributed by atoms with Crippen LogP contribution in [0.25, 0.3) is 32.1 Å². The van der Waals surface area contributed by atoms with Crippen molar-refractivity contribution < 1.29 is 37.3 Å². The minimum atomic E-state index is -1.45. The smallest absolute Gasteiger partial charge is 0.409 e. The molecule has 0 bridgehead atoms. The number of rotatable bonds is 7. The summed E-state index contributed by atoms with van der Waals surface area (Å²) in [7, 11) is 0. The average molecular weight is 727 g/mol. The molecular formula is C34H30ClF3N6O5S. The zero-order valence-corrected chi connectivity index (χ0v) is 28.1. The van der Waals surface area contributed by atoms with Gasteiger partial charge in [-0.2, -0.15) is 15.2 Å². The summed E-state index contributed by atoms with van der Waals surface area (Å²) in [5, 5.41) is 21.5. The molecule has 2 aromatic heterocycles. The number of hydrogen-bond acceptors (Lipinski definition) is 10. The molecule has 1 unspecified atom stereocenters. The average Bonchev–Trinajstić information content (AvgIpc) is 3.86. The fourth-order valence-electron chi connectivity index (χ4n) is 7.95. The molecule has 4 aromatic rings. The van der Waals surface area contributed by atoms with Crippen LogP contribution in [0.2, 0.25) is 5.02 Å². The Balaban J connectivity index is 1.36. The summed E-state index contributed by atoms with van der Waals surface area (Å²) in [5.41, 5.74) is -1.11. The third-order valence-corrected chi connectivity index (χ3v) is 11.6. The first-order valence-electron chi connectivity index (χ1n) is 16.2. The molecule has 4 atom stereocenters. The number of alkyl halides is 1. The Morgan fingerprint density at radius 2 is 2.16 bits per heavy atom. The minimum absolute atomic E-state index is 0.0240. The van der Waals surface area contributed by atoms with Gasteiger partial charge in [-0.05, 0) is 37.4 Å². The quantitative estimate of drug-likeness (QED) is 0.194. The number of anilines is 2. The first-order chi connectivity index (χ1) is 24.1. The van der Waals surface area contributed by atoms with Gasteiger partial charge in [0.1, 0.15) is 47.6 Å². The third-order valence-electron chi connectivity index (χ3n) is 10.1. The maximum atomic E-state index is 17.3. The summed E-state index contributed by atoms with van der Waals surface area (Å²) >= 11 is 7.76. The van der Waals surface area contributed by atoms with Gasteiger partial charge >= 0.3 is 12.1 Å². The van der Waals surface area contributed by atoms with Crippen LogP contribution in [0.1, 0.15) is 31.2 Å². The molecule has 1 amide bonds. The predicted octanol–water partition coefficient (Wildman–Crippen LogP) is 6.90. The van der Waals surface area contributed by atoms with Crippen LogP contribution < -0.4 is 19.7 Å². The fourth-order valence-corrected chi connectivity index (χ4v) is 9.36. The fraction of sp³-hybridized carbons (Fsp3) is 0.412. The monoisotopic (exact) mass is 726 g/mol. The highest BCUT2D eigenvalue weighted by atomic mass is 35.5. The van der Waals surface area contributed by atoms with E-state index in [4.69, 9.17) is 30.8 Å². The minimum Gasteiger partial charge on any atom is -0.489 e. The third kappa shape index (κ3) is 5.11. The summed E-state index contributed by atoms with van der Waals surface area (Å²) in [4.78, 5) is 25.0. The van der Waals surface area contributed by atoms with E-state index in [0.29, 0.717) is 49.8 Å². The first-order valence-corrected chi connectivity index (χ1v) is 17.3. The summed E-state index contributed by atoms with van der Waals surface area (Å²) in [6.07, 6.45) is 1.87. The van der Waals surface area contributed by atoms with Crippen molar-refractivity contribution in [2.75, 3.05) is 49.7 Å². The number of carbonyl (C=O) groups is 1. The Hall–Kier alpha value is -4.36. The number of nitrogens with one attached hydrogen (secondary N) is 1. The Kier molecular flexibility index (Phi) is 8.17. The molecular weight excluding hydrogens is 697 g/mol. The van der Waals surface area contributed by atoms with Crippen LogP contribution in [0.4, 0.5) is 28.8 Å². The highest BCUT2D eigenvalue weighted by molar-refractivity contribution is 7.23. The normalized spacial score (nSPS) is 24.6. The van der Waals surface area contributed by atoms with Crippen LogP contribution in [0.3, 0.4) is 0 Å². The van der Waals surface area contributed by atoms with Gasteiger partial charge in [0.25, 0.3) is 0 Å². The molecule has 0 saturated carbocycles. The van der Waals surface area contributed by atoms with Gasteiger partial charge in [-0.25, -0.2) is 18.0 Å². The molecule has 16 heteroatoms. The van der Waals surface area contributed by atoms with Crippen LogP contribution >= 0.6 is 22.9 Å². The van der Waals surface area contributed by atoms with E-state index in [9.17, 15) is 19.6 Å². The maximum Gasteiger partial charge on any atom is 0.409 e. The number of amides is 1. The van der Waals surface area contributed by atoms with E-state index in [0.717, 1.165) is 25.5 Å². The van der Waals surface area contributed by atoms with Gasteiger partial charge < -0.3 is 24.2 Å². The van der Waals surface area contributed by atoms with Gasteiger partial charge in [-0.3, -0.25) is 10.2 Å². The van der Waals surface area contributed by atoms with E-state index in [1.54, 1.807) is 6.08 Å². The number of fused-ring (bicyclic) bond motifs is 2. The highest BCUT2D eigenvalue weighted by Crippen LogP contribution is 2.52. The zero-order valence-electron chi connectivity index (χ0n) is 26.5. The molecule has 3 fully saturated rings. The number of nitrogens with zero attached hydrogens (tertiary/aromatic N) is 5. The predicted molar refractivity (Wildman–Crippen MR) is 181 cm³/mol. The van der Waals surface area contributed by atoms with Crippen LogP contribution in [0.15, 0.2) is 24.8 Å².